The maximum Gasteiger partial charge on any atom is 0.160 e. The highest BCUT2D eigenvalue weighted by atomic mass is 15.0. The summed E-state index contributed by atoms with van der Waals surface area (Å²) in [4.78, 5) is 10.2. The number of nitrogens with zero attached hydrogens (tertiary/aromatic N) is 5. The van der Waals surface area contributed by atoms with Gasteiger partial charge in [0.25, 0.3) is 0 Å². The first-order chi connectivity index (χ1) is 25.8. The molecule has 0 amide bonds. The smallest absolute Gasteiger partial charge is 0.160 e. The zero-order valence-electron chi connectivity index (χ0n) is 28.0. The van der Waals surface area contributed by atoms with E-state index in [-0.39, 0.29) is 0 Å². The minimum absolute atomic E-state index is 0.457. The average molecular weight is 664 g/mol. The summed E-state index contributed by atoms with van der Waals surface area (Å²) in [6.45, 7) is 0. The van der Waals surface area contributed by atoms with Crippen molar-refractivity contribution in [1.29, 1.82) is 5.26 Å². The zero-order chi connectivity index (χ0) is 34.6. The van der Waals surface area contributed by atoms with Crippen molar-refractivity contribution in [1.82, 2.24) is 19.1 Å². The van der Waals surface area contributed by atoms with E-state index in [0.717, 1.165) is 39.1 Å². The van der Waals surface area contributed by atoms with E-state index in [9.17, 15) is 5.26 Å². The fourth-order valence-electron chi connectivity index (χ4n) is 7.65. The van der Waals surface area contributed by atoms with E-state index >= 15 is 0 Å². The predicted octanol–water partition coefficient (Wildman–Crippen LogP) is 11.5. The molecule has 0 bridgehead atoms. The van der Waals surface area contributed by atoms with Gasteiger partial charge in [0.1, 0.15) is 11.6 Å². The molecule has 0 aliphatic rings. The molecule has 0 radical (unpaired) electrons. The van der Waals surface area contributed by atoms with Crippen LogP contribution in [0.3, 0.4) is 0 Å². The third-order valence-corrected chi connectivity index (χ3v) is 9.96. The highest BCUT2D eigenvalue weighted by Crippen LogP contribution is 2.40. The molecule has 0 unspecified atom stereocenters. The van der Waals surface area contributed by atoms with Gasteiger partial charge in [-0.1, -0.05) is 127 Å². The van der Waals surface area contributed by atoms with Crippen LogP contribution >= 0.6 is 0 Å². The number of nitriles is 1. The summed E-state index contributed by atoms with van der Waals surface area (Å²) in [5, 5.41) is 15.2. The quantitative estimate of drug-likeness (QED) is 0.184. The molecule has 242 valence electrons. The van der Waals surface area contributed by atoms with Crippen LogP contribution in [0.1, 0.15) is 5.56 Å². The van der Waals surface area contributed by atoms with Gasteiger partial charge in [0.15, 0.2) is 5.82 Å². The van der Waals surface area contributed by atoms with Crippen molar-refractivity contribution in [2.75, 3.05) is 0 Å². The first kappa shape index (κ1) is 29.6. The second kappa shape index (κ2) is 11.9. The lowest BCUT2D eigenvalue weighted by Crippen LogP contribution is -2.01. The normalized spacial score (nSPS) is 11.4. The molecule has 3 heterocycles. The van der Waals surface area contributed by atoms with E-state index in [1.165, 1.54) is 32.6 Å². The van der Waals surface area contributed by atoms with Gasteiger partial charge in [0.2, 0.25) is 0 Å². The molecule has 0 aliphatic carbocycles. The number of hydrogen-bond acceptors (Lipinski definition) is 3. The molecule has 5 nitrogen and oxygen atoms in total. The van der Waals surface area contributed by atoms with Gasteiger partial charge in [0.05, 0.1) is 33.5 Å². The van der Waals surface area contributed by atoms with Crippen molar-refractivity contribution in [2.24, 2.45) is 0 Å². The van der Waals surface area contributed by atoms with Gasteiger partial charge in [-0.3, -0.25) is 0 Å². The lowest BCUT2D eigenvalue weighted by molar-refractivity contribution is 1.15. The minimum Gasteiger partial charge on any atom is -0.309 e. The van der Waals surface area contributed by atoms with Crippen molar-refractivity contribution >= 4 is 43.6 Å². The van der Waals surface area contributed by atoms with Crippen LogP contribution in [0.2, 0.25) is 0 Å². The lowest BCUT2D eigenvalue weighted by Gasteiger charge is -2.14. The van der Waals surface area contributed by atoms with Gasteiger partial charge in [-0.05, 0) is 48.5 Å². The van der Waals surface area contributed by atoms with E-state index in [0.29, 0.717) is 22.8 Å². The van der Waals surface area contributed by atoms with Crippen LogP contribution in [-0.2, 0) is 0 Å². The Morgan fingerprint density at radius 1 is 0.385 bits per heavy atom. The van der Waals surface area contributed by atoms with Crippen LogP contribution in [0, 0.1) is 11.3 Å². The number of rotatable bonds is 5. The highest BCUT2D eigenvalue weighted by molar-refractivity contribution is 6.19. The van der Waals surface area contributed by atoms with E-state index in [1.807, 2.05) is 66.7 Å². The Kier molecular flexibility index (Phi) is 6.80. The molecule has 0 aliphatic heterocycles. The predicted molar refractivity (Wildman–Crippen MR) is 212 cm³/mol. The summed E-state index contributed by atoms with van der Waals surface area (Å²) in [5.41, 5.74) is 11.0. The molecule has 3 aromatic heterocycles. The first-order valence-electron chi connectivity index (χ1n) is 17.3. The molecule has 0 fully saturated rings. The second-order valence-corrected chi connectivity index (χ2v) is 12.9. The van der Waals surface area contributed by atoms with E-state index in [4.69, 9.17) is 9.97 Å². The number of aromatic nitrogens is 4. The molecular formula is C47H29N5. The molecule has 5 heteroatoms. The Labute approximate surface area is 299 Å². The molecule has 7 aromatic carbocycles. The van der Waals surface area contributed by atoms with Crippen LogP contribution < -0.4 is 0 Å². The van der Waals surface area contributed by atoms with Crippen molar-refractivity contribution < 1.29 is 0 Å². The monoisotopic (exact) mass is 663 g/mol. The van der Waals surface area contributed by atoms with Gasteiger partial charge in [-0.15, -0.1) is 0 Å². The fourth-order valence-corrected chi connectivity index (χ4v) is 7.65. The van der Waals surface area contributed by atoms with Crippen molar-refractivity contribution in [3.05, 3.63) is 181 Å². The Balaban J connectivity index is 1.23. The fraction of sp³-hybridized carbons (Fsp3) is 0. The third-order valence-electron chi connectivity index (χ3n) is 9.96. The Hall–Kier alpha value is -7.29. The summed E-state index contributed by atoms with van der Waals surface area (Å²) in [6, 6.07) is 63.2. The first-order valence-corrected chi connectivity index (χ1v) is 17.3. The molecule has 10 rings (SSSR count). The topological polar surface area (TPSA) is 59.4 Å². The number of fused-ring (bicyclic) bond motifs is 6. The molecule has 0 N–H and O–H groups in total. The number of benzene rings is 7. The van der Waals surface area contributed by atoms with Gasteiger partial charge in [0, 0.05) is 49.6 Å². The average Bonchev–Trinajstić information content (AvgIpc) is 3.72. The summed E-state index contributed by atoms with van der Waals surface area (Å²) in [5.74, 6) is 0.563. The molecule has 0 saturated heterocycles. The zero-order valence-corrected chi connectivity index (χ0v) is 28.0. The Morgan fingerprint density at radius 3 is 1.37 bits per heavy atom. The maximum atomic E-state index is 10.4. The van der Waals surface area contributed by atoms with Crippen molar-refractivity contribution in [3.8, 4) is 51.3 Å². The standard InChI is InChI=1S/C47H29N5/c48-30-40-45(31-15-4-1-5-16-31)49-47(50-46(40)32-17-6-2-7-18-32)33-19-14-22-35(27-33)52-42-26-13-11-24-37(42)39-28-43-38(29-44(39)52)36-23-10-12-25-41(36)51(43)34-20-8-3-9-21-34/h1-29H. The molecule has 0 spiro atoms. The van der Waals surface area contributed by atoms with Crippen LogP contribution in [0.15, 0.2) is 176 Å². The van der Waals surface area contributed by atoms with Gasteiger partial charge < -0.3 is 9.13 Å². The van der Waals surface area contributed by atoms with Crippen molar-refractivity contribution in [3.63, 3.8) is 0 Å². The summed E-state index contributed by atoms with van der Waals surface area (Å²) >= 11 is 0. The third kappa shape index (κ3) is 4.63. The maximum absolute atomic E-state index is 10.4. The van der Waals surface area contributed by atoms with Crippen LogP contribution in [0.4, 0.5) is 0 Å². The largest absolute Gasteiger partial charge is 0.309 e. The van der Waals surface area contributed by atoms with Gasteiger partial charge in [-0.25, -0.2) is 9.97 Å². The molecule has 52 heavy (non-hydrogen) atoms. The van der Waals surface area contributed by atoms with E-state index in [1.54, 1.807) is 0 Å². The van der Waals surface area contributed by atoms with Crippen LogP contribution in [0.5, 0.6) is 0 Å². The number of para-hydroxylation sites is 3. The van der Waals surface area contributed by atoms with Crippen LogP contribution in [0.25, 0.3) is 88.9 Å². The van der Waals surface area contributed by atoms with E-state index < -0.39 is 0 Å². The molecular weight excluding hydrogens is 635 g/mol. The second-order valence-electron chi connectivity index (χ2n) is 12.9. The highest BCUT2D eigenvalue weighted by Gasteiger charge is 2.21. The Morgan fingerprint density at radius 2 is 0.827 bits per heavy atom. The summed E-state index contributed by atoms with van der Waals surface area (Å²) in [6.07, 6.45) is 0. The van der Waals surface area contributed by atoms with Crippen molar-refractivity contribution in [2.45, 2.75) is 0 Å². The minimum atomic E-state index is 0.457. The molecule has 0 atom stereocenters. The SMILES string of the molecule is N#Cc1c(-c2ccccc2)nc(-c2cccc(-n3c4ccccc4c4cc5c(cc43)c3ccccc3n5-c3ccccc3)c2)nc1-c1ccccc1. The number of hydrogen-bond donors (Lipinski definition) is 0. The summed E-state index contributed by atoms with van der Waals surface area (Å²) < 4.78 is 4.72. The molecule has 0 saturated carbocycles. The lowest BCUT2D eigenvalue weighted by atomic mass is 10.00. The van der Waals surface area contributed by atoms with Crippen LogP contribution in [-0.4, -0.2) is 19.1 Å². The molecule has 10 aromatic rings. The van der Waals surface area contributed by atoms with Gasteiger partial charge >= 0.3 is 0 Å². The Bertz CT molecular complexity index is 2950. The summed E-state index contributed by atoms with van der Waals surface area (Å²) in [7, 11) is 0. The van der Waals surface area contributed by atoms with E-state index in [2.05, 4.69) is 124 Å². The van der Waals surface area contributed by atoms with Gasteiger partial charge in [-0.2, -0.15) is 5.26 Å².